The average molecular weight is 209 g/mol. The fraction of sp³-hybridized carbons (Fsp3) is 0.636. The summed E-state index contributed by atoms with van der Waals surface area (Å²) in [7, 11) is 0. The Morgan fingerprint density at radius 1 is 1.53 bits per heavy atom. The fourth-order valence-electron chi connectivity index (χ4n) is 1.30. The van der Waals surface area contributed by atoms with Crippen molar-refractivity contribution in [1.82, 2.24) is 9.55 Å². The van der Waals surface area contributed by atoms with E-state index in [9.17, 15) is 4.79 Å². The van der Waals surface area contributed by atoms with Crippen molar-refractivity contribution in [2.45, 2.75) is 33.7 Å². The number of nitrogens with zero attached hydrogens (tertiary/aromatic N) is 2. The molecule has 1 N–H and O–H groups in total. The van der Waals surface area contributed by atoms with Crippen LogP contribution in [0.15, 0.2) is 17.2 Å². The maximum absolute atomic E-state index is 11.7. The minimum atomic E-state index is -0.0382. The molecule has 84 valence electrons. The number of nitrogens with one attached hydrogen (secondary N) is 1. The normalized spacial score (nSPS) is 10.7. The van der Waals surface area contributed by atoms with E-state index in [-0.39, 0.29) is 5.56 Å². The summed E-state index contributed by atoms with van der Waals surface area (Å²) in [6.07, 6.45) is 4.40. The molecule has 0 spiro atoms. The van der Waals surface area contributed by atoms with E-state index in [1.807, 2.05) is 6.92 Å². The Morgan fingerprint density at radius 3 is 2.87 bits per heavy atom. The SMILES string of the molecule is CCn1ccnc(NCCC(C)C)c1=O. The van der Waals surface area contributed by atoms with Gasteiger partial charge >= 0.3 is 0 Å². The molecular formula is C11H19N3O. The van der Waals surface area contributed by atoms with Crippen LogP contribution in [0.1, 0.15) is 27.2 Å². The van der Waals surface area contributed by atoms with Gasteiger partial charge in [0.25, 0.3) is 5.56 Å². The van der Waals surface area contributed by atoms with Crippen molar-refractivity contribution in [3.63, 3.8) is 0 Å². The summed E-state index contributed by atoms with van der Waals surface area (Å²) in [5, 5.41) is 3.07. The van der Waals surface area contributed by atoms with Crippen LogP contribution in [0.2, 0.25) is 0 Å². The minimum Gasteiger partial charge on any atom is -0.365 e. The Morgan fingerprint density at radius 2 is 2.27 bits per heavy atom. The third-order valence-electron chi connectivity index (χ3n) is 2.27. The molecule has 0 saturated heterocycles. The highest BCUT2D eigenvalue weighted by molar-refractivity contribution is 5.30. The summed E-state index contributed by atoms with van der Waals surface area (Å²) in [5.41, 5.74) is -0.0382. The molecule has 0 fully saturated rings. The molecule has 0 unspecified atom stereocenters. The predicted molar refractivity (Wildman–Crippen MR) is 62.1 cm³/mol. The van der Waals surface area contributed by atoms with Crippen molar-refractivity contribution in [2.75, 3.05) is 11.9 Å². The van der Waals surface area contributed by atoms with Gasteiger partial charge in [0.15, 0.2) is 5.82 Å². The summed E-state index contributed by atoms with van der Waals surface area (Å²) in [6.45, 7) is 7.74. The van der Waals surface area contributed by atoms with Gasteiger partial charge in [-0.1, -0.05) is 13.8 Å². The Balaban J connectivity index is 2.65. The van der Waals surface area contributed by atoms with Gasteiger partial charge in [0, 0.05) is 25.5 Å². The summed E-state index contributed by atoms with van der Waals surface area (Å²) in [4.78, 5) is 15.8. The van der Waals surface area contributed by atoms with Gasteiger partial charge in [0.1, 0.15) is 0 Å². The van der Waals surface area contributed by atoms with Crippen LogP contribution in [0.5, 0.6) is 0 Å². The Hall–Kier alpha value is -1.32. The van der Waals surface area contributed by atoms with Crippen molar-refractivity contribution in [2.24, 2.45) is 5.92 Å². The van der Waals surface area contributed by atoms with E-state index in [4.69, 9.17) is 0 Å². The van der Waals surface area contributed by atoms with Crippen LogP contribution in [0.3, 0.4) is 0 Å². The molecule has 0 aliphatic carbocycles. The molecule has 0 saturated carbocycles. The molecule has 1 heterocycles. The Labute approximate surface area is 90.3 Å². The number of aromatic nitrogens is 2. The summed E-state index contributed by atoms with van der Waals surface area (Å²) >= 11 is 0. The van der Waals surface area contributed by atoms with Crippen LogP contribution >= 0.6 is 0 Å². The first-order valence-corrected chi connectivity index (χ1v) is 5.44. The Bertz CT molecular complexity index is 357. The van der Waals surface area contributed by atoms with Gasteiger partial charge in [0.05, 0.1) is 0 Å². The molecule has 1 rings (SSSR count). The van der Waals surface area contributed by atoms with E-state index in [1.165, 1.54) is 0 Å². The van der Waals surface area contributed by atoms with Crippen LogP contribution in [-0.4, -0.2) is 16.1 Å². The van der Waals surface area contributed by atoms with Crippen molar-refractivity contribution in [1.29, 1.82) is 0 Å². The van der Waals surface area contributed by atoms with Crippen molar-refractivity contribution in [3.05, 3.63) is 22.7 Å². The van der Waals surface area contributed by atoms with E-state index in [1.54, 1.807) is 17.0 Å². The van der Waals surface area contributed by atoms with Crippen LogP contribution in [-0.2, 0) is 6.54 Å². The monoisotopic (exact) mass is 209 g/mol. The highest BCUT2D eigenvalue weighted by atomic mass is 16.1. The van der Waals surface area contributed by atoms with E-state index >= 15 is 0 Å². The van der Waals surface area contributed by atoms with Gasteiger partial charge in [-0.3, -0.25) is 4.79 Å². The van der Waals surface area contributed by atoms with E-state index in [0.29, 0.717) is 18.3 Å². The van der Waals surface area contributed by atoms with Gasteiger partial charge in [-0.2, -0.15) is 0 Å². The molecule has 4 nitrogen and oxygen atoms in total. The van der Waals surface area contributed by atoms with E-state index in [0.717, 1.165) is 13.0 Å². The van der Waals surface area contributed by atoms with Gasteiger partial charge < -0.3 is 9.88 Å². The molecule has 0 aliphatic rings. The molecule has 0 atom stereocenters. The number of aryl methyl sites for hydroxylation is 1. The molecule has 0 radical (unpaired) electrons. The second kappa shape index (κ2) is 5.53. The molecule has 1 aromatic heterocycles. The lowest BCUT2D eigenvalue weighted by Gasteiger charge is -2.08. The largest absolute Gasteiger partial charge is 0.365 e. The first kappa shape index (κ1) is 11.8. The molecule has 4 heteroatoms. The van der Waals surface area contributed by atoms with Gasteiger partial charge in [0.2, 0.25) is 0 Å². The third kappa shape index (κ3) is 3.38. The number of anilines is 1. The second-order valence-corrected chi connectivity index (χ2v) is 3.98. The predicted octanol–water partition coefficient (Wildman–Crippen LogP) is 1.72. The average Bonchev–Trinajstić information content (AvgIpc) is 2.20. The van der Waals surface area contributed by atoms with E-state index < -0.39 is 0 Å². The van der Waals surface area contributed by atoms with Gasteiger partial charge in [-0.05, 0) is 19.3 Å². The van der Waals surface area contributed by atoms with Crippen LogP contribution in [0.4, 0.5) is 5.82 Å². The highest BCUT2D eigenvalue weighted by Crippen LogP contribution is 2.00. The van der Waals surface area contributed by atoms with Crippen molar-refractivity contribution in [3.8, 4) is 0 Å². The molecule has 0 amide bonds. The summed E-state index contributed by atoms with van der Waals surface area (Å²) in [6, 6.07) is 0. The molecular weight excluding hydrogens is 190 g/mol. The maximum atomic E-state index is 11.7. The number of hydrogen-bond donors (Lipinski definition) is 1. The lowest BCUT2D eigenvalue weighted by Crippen LogP contribution is -2.24. The zero-order valence-corrected chi connectivity index (χ0v) is 9.66. The lowest BCUT2D eigenvalue weighted by atomic mass is 10.1. The number of hydrogen-bond acceptors (Lipinski definition) is 3. The second-order valence-electron chi connectivity index (χ2n) is 3.98. The zero-order chi connectivity index (χ0) is 11.3. The van der Waals surface area contributed by atoms with Crippen LogP contribution in [0, 0.1) is 5.92 Å². The summed E-state index contributed by atoms with van der Waals surface area (Å²) < 4.78 is 1.64. The minimum absolute atomic E-state index is 0.0382. The lowest BCUT2D eigenvalue weighted by molar-refractivity contribution is 0.605. The number of rotatable bonds is 5. The Kier molecular flexibility index (Phi) is 4.34. The quantitative estimate of drug-likeness (QED) is 0.803. The van der Waals surface area contributed by atoms with E-state index in [2.05, 4.69) is 24.1 Å². The fourth-order valence-corrected chi connectivity index (χ4v) is 1.30. The smallest absolute Gasteiger partial charge is 0.293 e. The van der Waals surface area contributed by atoms with Gasteiger partial charge in [-0.15, -0.1) is 0 Å². The molecule has 0 bridgehead atoms. The molecule has 1 aromatic rings. The summed E-state index contributed by atoms with van der Waals surface area (Å²) in [5.74, 6) is 1.09. The highest BCUT2D eigenvalue weighted by Gasteiger charge is 2.02. The topological polar surface area (TPSA) is 46.9 Å². The first-order chi connectivity index (χ1) is 7.15. The van der Waals surface area contributed by atoms with Crippen LogP contribution < -0.4 is 10.9 Å². The van der Waals surface area contributed by atoms with Crippen molar-refractivity contribution < 1.29 is 0 Å². The zero-order valence-electron chi connectivity index (χ0n) is 9.66. The van der Waals surface area contributed by atoms with Crippen LogP contribution in [0.25, 0.3) is 0 Å². The third-order valence-corrected chi connectivity index (χ3v) is 2.27. The first-order valence-electron chi connectivity index (χ1n) is 5.44. The maximum Gasteiger partial charge on any atom is 0.293 e. The van der Waals surface area contributed by atoms with Crippen molar-refractivity contribution >= 4 is 5.82 Å². The molecule has 15 heavy (non-hydrogen) atoms. The molecule has 0 aromatic carbocycles. The van der Waals surface area contributed by atoms with Gasteiger partial charge in [-0.25, -0.2) is 4.98 Å². The molecule has 0 aliphatic heterocycles. The standard InChI is InChI=1S/C11H19N3O/c1-4-14-8-7-13-10(11(14)15)12-6-5-9(2)3/h7-9H,4-6H2,1-3H3,(H,12,13).